The summed E-state index contributed by atoms with van der Waals surface area (Å²) in [6, 6.07) is 7.76. The van der Waals surface area contributed by atoms with Crippen molar-refractivity contribution in [1.82, 2.24) is 0 Å². The van der Waals surface area contributed by atoms with Crippen molar-refractivity contribution in [3.63, 3.8) is 0 Å². The quantitative estimate of drug-likeness (QED) is 0.710. The van der Waals surface area contributed by atoms with E-state index in [9.17, 15) is 4.79 Å². The molecule has 2 aromatic rings. The van der Waals surface area contributed by atoms with Gasteiger partial charge in [0, 0.05) is 11.8 Å². The van der Waals surface area contributed by atoms with E-state index >= 15 is 0 Å². The number of fused-ring (bicyclic) bond motifs is 1. The Hall–Kier alpha value is -1.57. The number of carbonyl (C=O) groups excluding carboxylic acids is 1. The third kappa shape index (κ3) is 1.94. The van der Waals surface area contributed by atoms with Crippen molar-refractivity contribution in [2.24, 2.45) is 0 Å². The van der Waals surface area contributed by atoms with E-state index in [2.05, 4.69) is 0 Å². The van der Waals surface area contributed by atoms with Crippen LogP contribution < -0.4 is 0 Å². The van der Waals surface area contributed by atoms with E-state index in [1.165, 1.54) is 5.56 Å². The molecule has 2 heteroatoms. The van der Waals surface area contributed by atoms with Gasteiger partial charge in [-0.25, -0.2) is 0 Å². The number of ketones is 1. The minimum atomic E-state index is 0.0892. The number of hydrogen-bond acceptors (Lipinski definition) is 2. The van der Waals surface area contributed by atoms with Crippen molar-refractivity contribution in [2.45, 2.75) is 26.7 Å². The maximum atomic E-state index is 11.6. The van der Waals surface area contributed by atoms with E-state index in [0.29, 0.717) is 12.2 Å². The van der Waals surface area contributed by atoms with Crippen LogP contribution in [0.1, 0.15) is 35.9 Å². The molecule has 0 aliphatic carbocycles. The van der Waals surface area contributed by atoms with Gasteiger partial charge < -0.3 is 4.42 Å². The monoisotopic (exact) mass is 202 g/mol. The van der Waals surface area contributed by atoms with Crippen molar-refractivity contribution < 1.29 is 9.21 Å². The molecule has 0 spiro atoms. The maximum Gasteiger partial charge on any atom is 0.198 e. The number of hydrogen-bond donors (Lipinski definition) is 0. The number of furan rings is 1. The third-order valence-corrected chi connectivity index (χ3v) is 2.42. The lowest BCUT2D eigenvalue weighted by Gasteiger charge is -1.91. The predicted octanol–water partition coefficient (Wildman–Crippen LogP) is 3.72. The first kappa shape index (κ1) is 9.97. The highest BCUT2D eigenvalue weighted by molar-refractivity contribution is 5.97. The van der Waals surface area contributed by atoms with Gasteiger partial charge in [-0.1, -0.05) is 18.6 Å². The van der Waals surface area contributed by atoms with Crippen LogP contribution >= 0.6 is 0 Å². The second-order valence-electron chi connectivity index (χ2n) is 3.83. The molecule has 0 radical (unpaired) electrons. The second-order valence-corrected chi connectivity index (χ2v) is 3.83. The number of carbonyl (C=O) groups is 1. The van der Waals surface area contributed by atoms with Gasteiger partial charge in [0.15, 0.2) is 11.5 Å². The van der Waals surface area contributed by atoms with E-state index in [-0.39, 0.29) is 5.78 Å². The molecule has 0 bridgehead atoms. The molecule has 0 aliphatic heterocycles. The van der Waals surface area contributed by atoms with Gasteiger partial charge in [0.05, 0.1) is 0 Å². The normalized spacial score (nSPS) is 10.8. The van der Waals surface area contributed by atoms with E-state index in [1.54, 1.807) is 0 Å². The zero-order valence-corrected chi connectivity index (χ0v) is 9.04. The van der Waals surface area contributed by atoms with Gasteiger partial charge in [-0.15, -0.1) is 0 Å². The van der Waals surface area contributed by atoms with Crippen molar-refractivity contribution in [3.05, 3.63) is 35.6 Å². The Balaban J connectivity index is 2.42. The van der Waals surface area contributed by atoms with E-state index in [4.69, 9.17) is 4.42 Å². The van der Waals surface area contributed by atoms with Crippen LogP contribution in [0, 0.1) is 6.92 Å². The van der Waals surface area contributed by atoms with Crippen LogP contribution in [-0.2, 0) is 0 Å². The Kier molecular flexibility index (Phi) is 2.58. The van der Waals surface area contributed by atoms with Crippen LogP contribution in [0.5, 0.6) is 0 Å². The first-order valence-corrected chi connectivity index (χ1v) is 5.24. The number of rotatable bonds is 3. The fraction of sp³-hybridized carbons (Fsp3) is 0.308. The molecule has 2 rings (SSSR count). The molecule has 0 fully saturated rings. The Morgan fingerprint density at radius 2 is 2.13 bits per heavy atom. The molecule has 2 nitrogen and oxygen atoms in total. The zero-order chi connectivity index (χ0) is 10.8. The molecule has 1 aromatic carbocycles. The molecule has 0 saturated carbocycles. The van der Waals surface area contributed by atoms with Crippen LogP contribution in [0.15, 0.2) is 28.7 Å². The molecular formula is C13H14O2. The molecule has 15 heavy (non-hydrogen) atoms. The Morgan fingerprint density at radius 3 is 2.87 bits per heavy atom. The molecule has 0 aliphatic rings. The summed E-state index contributed by atoms with van der Waals surface area (Å²) in [7, 11) is 0. The topological polar surface area (TPSA) is 30.2 Å². The van der Waals surface area contributed by atoms with Crippen molar-refractivity contribution in [2.75, 3.05) is 0 Å². The largest absolute Gasteiger partial charge is 0.453 e. The molecule has 1 heterocycles. The average Bonchev–Trinajstić information content (AvgIpc) is 2.60. The molecule has 0 amide bonds. The summed E-state index contributed by atoms with van der Waals surface area (Å²) < 4.78 is 5.49. The highest BCUT2D eigenvalue weighted by Crippen LogP contribution is 2.21. The first-order chi connectivity index (χ1) is 7.20. The third-order valence-electron chi connectivity index (χ3n) is 2.42. The van der Waals surface area contributed by atoms with E-state index in [1.807, 2.05) is 38.1 Å². The fourth-order valence-electron chi connectivity index (χ4n) is 1.65. The lowest BCUT2D eigenvalue weighted by Crippen LogP contribution is -1.94. The predicted molar refractivity (Wildman–Crippen MR) is 60.2 cm³/mol. The van der Waals surface area contributed by atoms with Gasteiger partial charge in [-0.2, -0.15) is 0 Å². The van der Waals surface area contributed by atoms with E-state index in [0.717, 1.165) is 17.4 Å². The summed E-state index contributed by atoms with van der Waals surface area (Å²) >= 11 is 0. The smallest absolute Gasteiger partial charge is 0.198 e. The van der Waals surface area contributed by atoms with E-state index < -0.39 is 0 Å². The molecule has 0 saturated heterocycles. The zero-order valence-electron chi connectivity index (χ0n) is 9.04. The number of Topliss-reactive ketones (excluding diaryl/α,β-unsaturated/α-hetero) is 1. The van der Waals surface area contributed by atoms with Gasteiger partial charge >= 0.3 is 0 Å². The molecular weight excluding hydrogens is 188 g/mol. The molecule has 0 unspecified atom stereocenters. The van der Waals surface area contributed by atoms with Crippen molar-refractivity contribution in [3.8, 4) is 0 Å². The SMILES string of the molecule is CCCC(=O)c1cc2cc(C)ccc2o1. The highest BCUT2D eigenvalue weighted by Gasteiger charge is 2.10. The standard InChI is InChI=1S/C13H14O2/c1-3-4-11(14)13-8-10-7-9(2)5-6-12(10)15-13/h5-8H,3-4H2,1-2H3. The van der Waals surface area contributed by atoms with Crippen LogP contribution in [0.25, 0.3) is 11.0 Å². The van der Waals surface area contributed by atoms with Crippen LogP contribution in [0.4, 0.5) is 0 Å². The minimum absolute atomic E-state index is 0.0892. The molecule has 78 valence electrons. The Bertz CT molecular complexity index is 494. The lowest BCUT2D eigenvalue weighted by atomic mass is 10.1. The number of benzene rings is 1. The van der Waals surface area contributed by atoms with Crippen molar-refractivity contribution >= 4 is 16.8 Å². The van der Waals surface area contributed by atoms with Crippen LogP contribution in [0.2, 0.25) is 0 Å². The second kappa shape index (κ2) is 3.89. The summed E-state index contributed by atoms with van der Waals surface area (Å²) in [5, 5.41) is 1.01. The van der Waals surface area contributed by atoms with Crippen LogP contribution in [0.3, 0.4) is 0 Å². The summed E-state index contributed by atoms with van der Waals surface area (Å²) in [5.74, 6) is 0.573. The Morgan fingerprint density at radius 1 is 1.33 bits per heavy atom. The average molecular weight is 202 g/mol. The van der Waals surface area contributed by atoms with Crippen molar-refractivity contribution in [1.29, 1.82) is 0 Å². The number of aryl methyl sites for hydroxylation is 1. The fourth-order valence-corrected chi connectivity index (χ4v) is 1.65. The van der Waals surface area contributed by atoms with Gasteiger partial charge in [0.25, 0.3) is 0 Å². The van der Waals surface area contributed by atoms with Gasteiger partial charge in [0.1, 0.15) is 5.58 Å². The molecule has 0 atom stereocenters. The summed E-state index contributed by atoms with van der Waals surface area (Å²) in [5.41, 5.74) is 1.97. The lowest BCUT2D eigenvalue weighted by molar-refractivity contribution is 0.0957. The summed E-state index contributed by atoms with van der Waals surface area (Å²) in [4.78, 5) is 11.6. The summed E-state index contributed by atoms with van der Waals surface area (Å²) in [6.45, 7) is 4.02. The van der Waals surface area contributed by atoms with Gasteiger partial charge in [-0.3, -0.25) is 4.79 Å². The summed E-state index contributed by atoms with van der Waals surface area (Å²) in [6.07, 6.45) is 1.41. The maximum absolute atomic E-state index is 11.6. The highest BCUT2D eigenvalue weighted by atomic mass is 16.3. The Labute approximate surface area is 88.9 Å². The minimum Gasteiger partial charge on any atom is -0.453 e. The first-order valence-electron chi connectivity index (χ1n) is 5.24. The molecule has 0 N–H and O–H groups in total. The van der Waals surface area contributed by atoms with Gasteiger partial charge in [-0.05, 0) is 31.5 Å². The molecule has 1 aromatic heterocycles. The van der Waals surface area contributed by atoms with Crippen LogP contribution in [-0.4, -0.2) is 5.78 Å². The van der Waals surface area contributed by atoms with Gasteiger partial charge in [0.2, 0.25) is 0 Å².